The lowest BCUT2D eigenvalue weighted by molar-refractivity contribution is 0.544. The molecule has 1 heterocycles. The largest absolute Gasteiger partial charge is 0.314 e. The third kappa shape index (κ3) is 4.98. The third-order valence-corrected chi connectivity index (χ3v) is 6.85. The molecule has 154 valence electrons. The van der Waals surface area contributed by atoms with Gasteiger partial charge in [0.15, 0.2) is 5.82 Å². The van der Waals surface area contributed by atoms with Crippen LogP contribution in [0.25, 0.3) is 0 Å². The SMILES string of the molecule is CCn1c(Cc2ccc(C)cc2)nnc1C(C)NS(=O)(=O)c1ccc(Cl)c(Cl)c1. The van der Waals surface area contributed by atoms with Gasteiger partial charge in [0.05, 0.1) is 21.0 Å². The van der Waals surface area contributed by atoms with Crippen LogP contribution >= 0.6 is 23.2 Å². The zero-order valence-electron chi connectivity index (χ0n) is 16.4. The summed E-state index contributed by atoms with van der Waals surface area (Å²) >= 11 is 11.8. The van der Waals surface area contributed by atoms with Crippen LogP contribution in [0.4, 0.5) is 0 Å². The van der Waals surface area contributed by atoms with Crippen molar-refractivity contribution in [3.63, 3.8) is 0 Å². The maximum Gasteiger partial charge on any atom is 0.241 e. The van der Waals surface area contributed by atoms with Crippen LogP contribution in [0.5, 0.6) is 0 Å². The molecule has 0 aliphatic heterocycles. The number of halogens is 2. The average molecular weight is 453 g/mol. The monoisotopic (exact) mass is 452 g/mol. The summed E-state index contributed by atoms with van der Waals surface area (Å²) in [5.41, 5.74) is 2.31. The van der Waals surface area contributed by atoms with Gasteiger partial charge in [0.25, 0.3) is 0 Å². The first-order chi connectivity index (χ1) is 13.7. The highest BCUT2D eigenvalue weighted by atomic mass is 35.5. The molecule has 29 heavy (non-hydrogen) atoms. The van der Waals surface area contributed by atoms with E-state index in [2.05, 4.69) is 39.2 Å². The number of hydrogen-bond donors (Lipinski definition) is 1. The fourth-order valence-corrected chi connectivity index (χ4v) is 4.62. The van der Waals surface area contributed by atoms with Crippen LogP contribution in [-0.2, 0) is 23.0 Å². The molecular weight excluding hydrogens is 431 g/mol. The molecule has 3 rings (SSSR count). The molecule has 9 heteroatoms. The first-order valence-electron chi connectivity index (χ1n) is 9.16. The molecule has 0 aliphatic carbocycles. The number of sulfonamides is 1. The molecule has 0 aliphatic rings. The van der Waals surface area contributed by atoms with Gasteiger partial charge in [-0.3, -0.25) is 0 Å². The van der Waals surface area contributed by atoms with E-state index in [4.69, 9.17) is 23.2 Å². The molecule has 0 amide bonds. The molecule has 0 fully saturated rings. The van der Waals surface area contributed by atoms with Gasteiger partial charge in [-0.2, -0.15) is 0 Å². The van der Waals surface area contributed by atoms with Crippen molar-refractivity contribution >= 4 is 33.2 Å². The van der Waals surface area contributed by atoms with Gasteiger partial charge in [0.1, 0.15) is 5.82 Å². The van der Waals surface area contributed by atoms with Crippen molar-refractivity contribution in [2.75, 3.05) is 0 Å². The summed E-state index contributed by atoms with van der Waals surface area (Å²) in [5, 5.41) is 9.02. The van der Waals surface area contributed by atoms with Gasteiger partial charge in [-0.1, -0.05) is 53.0 Å². The van der Waals surface area contributed by atoms with Gasteiger partial charge >= 0.3 is 0 Å². The van der Waals surface area contributed by atoms with Crippen LogP contribution in [0.15, 0.2) is 47.4 Å². The molecule has 0 saturated carbocycles. The number of hydrogen-bond acceptors (Lipinski definition) is 4. The van der Waals surface area contributed by atoms with E-state index < -0.39 is 16.1 Å². The summed E-state index contributed by atoms with van der Waals surface area (Å²) in [6.45, 7) is 6.38. The Labute approximate surface area is 180 Å². The minimum atomic E-state index is -3.80. The Morgan fingerprint density at radius 3 is 2.38 bits per heavy atom. The quantitative estimate of drug-likeness (QED) is 0.570. The average Bonchev–Trinajstić information content (AvgIpc) is 3.08. The van der Waals surface area contributed by atoms with Crippen LogP contribution in [-0.4, -0.2) is 23.2 Å². The molecule has 1 atom stereocenters. The summed E-state index contributed by atoms with van der Waals surface area (Å²) in [4.78, 5) is 0.0428. The second kappa shape index (κ2) is 8.83. The molecular formula is C20H22Cl2N4O2S. The lowest BCUT2D eigenvalue weighted by atomic mass is 10.1. The normalized spacial score (nSPS) is 12.9. The fourth-order valence-electron chi connectivity index (χ4n) is 3.03. The lowest BCUT2D eigenvalue weighted by Crippen LogP contribution is -2.29. The van der Waals surface area contributed by atoms with Gasteiger partial charge in [-0.05, 0) is 44.5 Å². The van der Waals surface area contributed by atoms with Crippen LogP contribution < -0.4 is 4.72 Å². The lowest BCUT2D eigenvalue weighted by Gasteiger charge is -2.16. The Hall–Kier alpha value is -1.93. The van der Waals surface area contributed by atoms with Crippen molar-refractivity contribution in [3.05, 3.63) is 75.3 Å². The molecule has 0 bridgehead atoms. The fraction of sp³-hybridized carbons (Fsp3) is 0.300. The maximum absolute atomic E-state index is 12.7. The number of nitrogens with zero attached hydrogens (tertiary/aromatic N) is 3. The van der Waals surface area contributed by atoms with E-state index in [1.165, 1.54) is 23.8 Å². The van der Waals surface area contributed by atoms with Crippen LogP contribution in [0.1, 0.15) is 42.7 Å². The Morgan fingerprint density at radius 1 is 1.07 bits per heavy atom. The van der Waals surface area contributed by atoms with Gasteiger partial charge in [0.2, 0.25) is 10.0 Å². The van der Waals surface area contributed by atoms with Gasteiger partial charge in [0, 0.05) is 13.0 Å². The first kappa shape index (κ1) is 21.8. The predicted molar refractivity (Wildman–Crippen MR) is 115 cm³/mol. The zero-order valence-corrected chi connectivity index (χ0v) is 18.7. The number of nitrogens with one attached hydrogen (secondary N) is 1. The number of aryl methyl sites for hydroxylation is 1. The minimum absolute atomic E-state index is 0.0428. The first-order valence-corrected chi connectivity index (χ1v) is 11.4. The summed E-state index contributed by atoms with van der Waals surface area (Å²) < 4.78 is 30.1. The summed E-state index contributed by atoms with van der Waals surface area (Å²) in [7, 11) is -3.80. The van der Waals surface area contributed by atoms with Crippen molar-refractivity contribution in [1.82, 2.24) is 19.5 Å². The molecule has 2 aromatic carbocycles. The smallest absolute Gasteiger partial charge is 0.241 e. The topological polar surface area (TPSA) is 76.9 Å². The van der Waals surface area contributed by atoms with Gasteiger partial charge in [-0.25, -0.2) is 13.1 Å². The standard InChI is InChI=1S/C20H22Cl2N4O2S/c1-4-26-19(11-15-7-5-13(2)6-8-15)23-24-20(26)14(3)25-29(27,28)16-9-10-17(21)18(22)12-16/h5-10,12,14,25H,4,11H2,1-3H3. The van der Waals surface area contributed by atoms with Crippen molar-refractivity contribution < 1.29 is 8.42 Å². The molecule has 0 radical (unpaired) electrons. The number of rotatable bonds is 7. The van der Waals surface area contributed by atoms with Gasteiger partial charge < -0.3 is 4.57 Å². The van der Waals surface area contributed by atoms with E-state index in [0.29, 0.717) is 23.8 Å². The molecule has 6 nitrogen and oxygen atoms in total. The molecule has 1 N–H and O–H groups in total. The van der Waals surface area contributed by atoms with Crippen molar-refractivity contribution in [2.45, 2.75) is 44.7 Å². The Bertz CT molecular complexity index is 1110. The number of aromatic nitrogens is 3. The predicted octanol–water partition coefficient (Wildman–Crippen LogP) is 4.54. The molecule has 0 spiro atoms. The van der Waals surface area contributed by atoms with Crippen molar-refractivity contribution in [3.8, 4) is 0 Å². The third-order valence-electron chi connectivity index (χ3n) is 4.58. The van der Waals surface area contributed by atoms with Crippen molar-refractivity contribution in [1.29, 1.82) is 0 Å². The molecule has 3 aromatic rings. The molecule has 1 unspecified atom stereocenters. The number of benzene rings is 2. The Morgan fingerprint density at radius 2 is 1.76 bits per heavy atom. The highest BCUT2D eigenvalue weighted by Crippen LogP contribution is 2.26. The van der Waals surface area contributed by atoms with E-state index in [1.54, 1.807) is 6.92 Å². The highest BCUT2D eigenvalue weighted by molar-refractivity contribution is 7.89. The summed E-state index contributed by atoms with van der Waals surface area (Å²) in [5.74, 6) is 1.34. The zero-order chi connectivity index (χ0) is 21.2. The van der Waals surface area contributed by atoms with Crippen molar-refractivity contribution in [2.24, 2.45) is 0 Å². The van der Waals surface area contributed by atoms with E-state index in [0.717, 1.165) is 11.4 Å². The van der Waals surface area contributed by atoms with E-state index in [9.17, 15) is 8.42 Å². The second-order valence-corrected chi connectivity index (χ2v) is 9.33. The minimum Gasteiger partial charge on any atom is -0.314 e. The Balaban J connectivity index is 1.83. The maximum atomic E-state index is 12.7. The summed E-state index contributed by atoms with van der Waals surface area (Å²) in [6.07, 6.45) is 0.618. The van der Waals surface area contributed by atoms with Crippen LogP contribution in [0.3, 0.4) is 0 Å². The second-order valence-electron chi connectivity index (χ2n) is 6.80. The van der Waals surface area contributed by atoms with Crippen LogP contribution in [0, 0.1) is 6.92 Å². The van der Waals surface area contributed by atoms with Crippen LogP contribution in [0.2, 0.25) is 10.0 Å². The van der Waals surface area contributed by atoms with Gasteiger partial charge in [-0.15, -0.1) is 10.2 Å². The van der Waals surface area contributed by atoms with E-state index in [-0.39, 0.29) is 9.92 Å². The molecule has 0 saturated heterocycles. The Kier molecular flexibility index (Phi) is 6.63. The summed E-state index contributed by atoms with van der Waals surface area (Å²) in [6, 6.07) is 11.8. The highest BCUT2D eigenvalue weighted by Gasteiger charge is 2.24. The molecule has 1 aromatic heterocycles. The van der Waals surface area contributed by atoms with E-state index >= 15 is 0 Å². The van der Waals surface area contributed by atoms with E-state index in [1.807, 2.05) is 18.4 Å².